The van der Waals surface area contributed by atoms with Crippen LogP contribution in [0.25, 0.3) is 0 Å². The van der Waals surface area contributed by atoms with Crippen LogP contribution in [0.1, 0.15) is 5.56 Å². The first-order valence-corrected chi connectivity index (χ1v) is 5.11. The molecule has 0 bridgehead atoms. The zero-order valence-electron chi connectivity index (χ0n) is 9.40. The van der Waals surface area contributed by atoms with Gasteiger partial charge in [-0.2, -0.15) is 0 Å². The molecule has 0 radical (unpaired) electrons. The molecule has 0 aromatic heterocycles. The van der Waals surface area contributed by atoms with Crippen LogP contribution >= 0.6 is 12.4 Å². The zero-order chi connectivity index (χ0) is 12.3. The summed E-state index contributed by atoms with van der Waals surface area (Å²) in [4.78, 5) is 0. The summed E-state index contributed by atoms with van der Waals surface area (Å²) >= 11 is 0. The van der Waals surface area contributed by atoms with Crippen molar-refractivity contribution < 1.29 is 13.5 Å². The maximum atomic E-state index is 13.6. The molecule has 0 aliphatic heterocycles. The Morgan fingerprint density at radius 3 is 2.22 bits per heavy atom. The molecule has 0 aliphatic carbocycles. The van der Waals surface area contributed by atoms with E-state index in [-0.39, 0.29) is 30.5 Å². The van der Waals surface area contributed by atoms with Gasteiger partial charge in [-0.05, 0) is 29.8 Å². The van der Waals surface area contributed by atoms with E-state index in [4.69, 9.17) is 10.5 Å². The predicted molar refractivity (Wildman–Crippen MR) is 68.0 cm³/mol. The van der Waals surface area contributed by atoms with Crippen LogP contribution in [0.3, 0.4) is 0 Å². The summed E-state index contributed by atoms with van der Waals surface area (Å²) in [5.41, 5.74) is 6.03. The molecule has 0 saturated heterocycles. The highest BCUT2D eigenvalue weighted by molar-refractivity contribution is 5.85. The van der Waals surface area contributed by atoms with Gasteiger partial charge in [0.1, 0.15) is 0 Å². The van der Waals surface area contributed by atoms with Gasteiger partial charge in [0, 0.05) is 6.54 Å². The molecule has 2 aromatic rings. The SMILES string of the molecule is Cl.NCc1ccc(Oc2ccccc2F)c(F)c1. The standard InChI is InChI=1S/C13H11F2NO.ClH/c14-10-3-1-2-4-12(10)17-13-6-5-9(8-16)7-11(13)15;/h1-7H,8,16H2;1H. The van der Waals surface area contributed by atoms with Gasteiger partial charge in [0.05, 0.1) is 0 Å². The molecular formula is C13H12ClF2NO. The topological polar surface area (TPSA) is 35.2 Å². The van der Waals surface area contributed by atoms with Crippen LogP contribution in [-0.2, 0) is 6.54 Å². The third-order valence-corrected chi connectivity index (χ3v) is 2.29. The number of hydrogen-bond donors (Lipinski definition) is 1. The molecule has 0 spiro atoms. The quantitative estimate of drug-likeness (QED) is 0.925. The number of para-hydroxylation sites is 1. The fourth-order valence-corrected chi connectivity index (χ4v) is 1.40. The van der Waals surface area contributed by atoms with Gasteiger partial charge in [0.25, 0.3) is 0 Å². The molecular weight excluding hydrogens is 260 g/mol. The van der Waals surface area contributed by atoms with Crippen LogP contribution in [0.4, 0.5) is 8.78 Å². The van der Waals surface area contributed by atoms with Gasteiger partial charge < -0.3 is 10.5 Å². The van der Waals surface area contributed by atoms with Gasteiger partial charge in [-0.1, -0.05) is 18.2 Å². The van der Waals surface area contributed by atoms with Crippen molar-refractivity contribution in [2.45, 2.75) is 6.54 Å². The third-order valence-electron chi connectivity index (χ3n) is 2.29. The summed E-state index contributed by atoms with van der Waals surface area (Å²) in [7, 11) is 0. The van der Waals surface area contributed by atoms with Crippen LogP contribution < -0.4 is 10.5 Å². The summed E-state index contributed by atoms with van der Waals surface area (Å²) in [6, 6.07) is 10.2. The lowest BCUT2D eigenvalue weighted by Gasteiger charge is -2.08. The van der Waals surface area contributed by atoms with Crippen molar-refractivity contribution in [1.82, 2.24) is 0 Å². The van der Waals surface area contributed by atoms with E-state index < -0.39 is 11.6 Å². The summed E-state index contributed by atoms with van der Waals surface area (Å²) in [6.07, 6.45) is 0. The lowest BCUT2D eigenvalue weighted by Crippen LogP contribution is -1.98. The summed E-state index contributed by atoms with van der Waals surface area (Å²) in [5.74, 6) is -1.12. The Morgan fingerprint density at radius 1 is 0.944 bits per heavy atom. The van der Waals surface area contributed by atoms with Crippen molar-refractivity contribution in [1.29, 1.82) is 0 Å². The average molecular weight is 272 g/mol. The highest BCUT2D eigenvalue weighted by Gasteiger charge is 2.08. The van der Waals surface area contributed by atoms with E-state index in [2.05, 4.69) is 0 Å². The minimum atomic E-state index is -0.559. The molecule has 0 heterocycles. The molecule has 5 heteroatoms. The molecule has 0 atom stereocenters. The van der Waals surface area contributed by atoms with Crippen molar-refractivity contribution in [3.05, 3.63) is 59.7 Å². The van der Waals surface area contributed by atoms with Crippen LogP contribution in [0.2, 0.25) is 0 Å². The number of ether oxygens (including phenoxy) is 1. The molecule has 0 unspecified atom stereocenters. The van der Waals surface area contributed by atoms with Gasteiger partial charge in [-0.15, -0.1) is 12.4 Å². The molecule has 2 nitrogen and oxygen atoms in total. The van der Waals surface area contributed by atoms with Crippen molar-refractivity contribution >= 4 is 12.4 Å². The van der Waals surface area contributed by atoms with E-state index in [1.807, 2.05) is 0 Å². The molecule has 0 aliphatic rings. The summed E-state index contributed by atoms with van der Waals surface area (Å²) in [5, 5.41) is 0. The number of hydrogen-bond acceptors (Lipinski definition) is 2. The average Bonchev–Trinajstić information content (AvgIpc) is 2.34. The lowest BCUT2D eigenvalue weighted by atomic mass is 10.2. The second-order valence-electron chi connectivity index (χ2n) is 3.50. The van der Waals surface area contributed by atoms with Crippen molar-refractivity contribution in [2.75, 3.05) is 0 Å². The Bertz CT molecular complexity index is 534. The Hall–Kier alpha value is -1.65. The number of rotatable bonds is 3. The van der Waals surface area contributed by atoms with E-state index >= 15 is 0 Å². The minimum absolute atomic E-state index is 0. The van der Waals surface area contributed by atoms with Crippen LogP contribution in [-0.4, -0.2) is 0 Å². The minimum Gasteiger partial charge on any atom is -0.451 e. The zero-order valence-corrected chi connectivity index (χ0v) is 10.2. The molecule has 96 valence electrons. The van der Waals surface area contributed by atoms with Gasteiger partial charge in [-0.3, -0.25) is 0 Å². The van der Waals surface area contributed by atoms with E-state index in [9.17, 15) is 8.78 Å². The fraction of sp³-hybridized carbons (Fsp3) is 0.0769. The number of nitrogens with two attached hydrogens (primary N) is 1. The van der Waals surface area contributed by atoms with Gasteiger partial charge in [-0.25, -0.2) is 8.78 Å². The largest absolute Gasteiger partial charge is 0.451 e. The smallest absolute Gasteiger partial charge is 0.166 e. The van der Waals surface area contributed by atoms with E-state index in [0.717, 1.165) is 0 Å². The van der Waals surface area contributed by atoms with Gasteiger partial charge in [0.15, 0.2) is 23.1 Å². The van der Waals surface area contributed by atoms with E-state index in [1.165, 1.54) is 30.3 Å². The summed E-state index contributed by atoms with van der Waals surface area (Å²) < 4.78 is 32.0. The summed E-state index contributed by atoms with van der Waals surface area (Å²) in [6.45, 7) is 0.247. The Labute approximate surface area is 110 Å². The highest BCUT2D eigenvalue weighted by atomic mass is 35.5. The first-order valence-electron chi connectivity index (χ1n) is 5.11. The van der Waals surface area contributed by atoms with Crippen LogP contribution in [0, 0.1) is 11.6 Å². The second kappa shape index (κ2) is 6.33. The van der Waals surface area contributed by atoms with Crippen molar-refractivity contribution in [3.8, 4) is 11.5 Å². The Balaban J connectivity index is 0.00000162. The molecule has 2 rings (SSSR count). The van der Waals surface area contributed by atoms with Crippen LogP contribution in [0.5, 0.6) is 11.5 Å². The molecule has 0 amide bonds. The third kappa shape index (κ3) is 3.18. The van der Waals surface area contributed by atoms with Gasteiger partial charge >= 0.3 is 0 Å². The monoisotopic (exact) mass is 271 g/mol. The molecule has 2 aromatic carbocycles. The van der Waals surface area contributed by atoms with Crippen LogP contribution in [0.15, 0.2) is 42.5 Å². The fourth-order valence-electron chi connectivity index (χ4n) is 1.40. The van der Waals surface area contributed by atoms with Gasteiger partial charge in [0.2, 0.25) is 0 Å². The highest BCUT2D eigenvalue weighted by Crippen LogP contribution is 2.26. The first-order chi connectivity index (χ1) is 8.20. The Kier molecular flexibility index (Phi) is 5.07. The maximum Gasteiger partial charge on any atom is 0.166 e. The lowest BCUT2D eigenvalue weighted by molar-refractivity contribution is 0.414. The Morgan fingerprint density at radius 2 is 1.61 bits per heavy atom. The normalized spacial score (nSPS) is 9.72. The predicted octanol–water partition coefficient (Wildman–Crippen LogP) is 3.64. The molecule has 2 N–H and O–H groups in total. The van der Waals surface area contributed by atoms with E-state index in [1.54, 1.807) is 12.1 Å². The number of benzene rings is 2. The first kappa shape index (κ1) is 14.4. The van der Waals surface area contributed by atoms with E-state index in [0.29, 0.717) is 5.56 Å². The molecule has 0 fully saturated rings. The second-order valence-corrected chi connectivity index (χ2v) is 3.50. The number of halogens is 3. The molecule has 18 heavy (non-hydrogen) atoms. The molecule has 0 saturated carbocycles. The maximum absolute atomic E-state index is 13.6. The van der Waals surface area contributed by atoms with Crippen molar-refractivity contribution in [3.63, 3.8) is 0 Å². The van der Waals surface area contributed by atoms with Crippen molar-refractivity contribution in [2.24, 2.45) is 5.73 Å².